The molecule has 0 aliphatic heterocycles. The van der Waals surface area contributed by atoms with Gasteiger partial charge in [-0.1, -0.05) is 0 Å². The van der Waals surface area contributed by atoms with E-state index in [0.29, 0.717) is 16.3 Å². The van der Waals surface area contributed by atoms with Gasteiger partial charge in [0.2, 0.25) is 0 Å². The van der Waals surface area contributed by atoms with Crippen molar-refractivity contribution in [2.75, 3.05) is 5.32 Å². The number of aromatic nitrogens is 2. The van der Waals surface area contributed by atoms with Crippen LogP contribution in [0, 0.1) is 11.6 Å². The molecule has 0 bridgehead atoms. The van der Waals surface area contributed by atoms with Gasteiger partial charge in [-0.3, -0.25) is 0 Å². The van der Waals surface area contributed by atoms with Gasteiger partial charge < -0.3 is 5.32 Å². The van der Waals surface area contributed by atoms with Gasteiger partial charge in [-0.05, 0) is 50.8 Å². The highest BCUT2D eigenvalue weighted by molar-refractivity contribution is 9.10. The molecule has 1 N–H and O–H groups in total. The van der Waals surface area contributed by atoms with Crippen LogP contribution >= 0.6 is 31.9 Å². The number of benzene rings is 1. The molecule has 1 aliphatic rings. The minimum Gasteiger partial charge on any atom is -0.338 e. The van der Waals surface area contributed by atoms with E-state index in [1.807, 2.05) is 0 Å². The predicted octanol–water partition coefficient (Wildman–Crippen LogP) is 4.90. The topological polar surface area (TPSA) is 37.8 Å². The molecule has 0 radical (unpaired) electrons. The molecule has 0 atom stereocenters. The molecule has 0 spiro atoms. The van der Waals surface area contributed by atoms with Gasteiger partial charge >= 0.3 is 0 Å². The molecule has 0 amide bonds. The SMILES string of the molecule is Fc1cc(F)c(Nc2cc(Br)nc(C3CC3)n2)cc1Br. The molecule has 3 rings (SSSR count). The summed E-state index contributed by atoms with van der Waals surface area (Å²) < 4.78 is 27.7. The van der Waals surface area contributed by atoms with Crippen molar-refractivity contribution in [2.45, 2.75) is 18.8 Å². The molecule has 1 saturated carbocycles. The molecule has 1 fully saturated rings. The van der Waals surface area contributed by atoms with E-state index in [2.05, 4.69) is 47.1 Å². The van der Waals surface area contributed by atoms with Crippen molar-refractivity contribution in [1.82, 2.24) is 9.97 Å². The lowest BCUT2D eigenvalue weighted by molar-refractivity contribution is 0.581. The minimum atomic E-state index is -0.673. The van der Waals surface area contributed by atoms with E-state index < -0.39 is 11.6 Å². The monoisotopic (exact) mass is 403 g/mol. The molecule has 20 heavy (non-hydrogen) atoms. The molecule has 0 unspecified atom stereocenters. The van der Waals surface area contributed by atoms with Crippen LogP contribution in [0.2, 0.25) is 0 Å². The van der Waals surface area contributed by atoms with E-state index in [0.717, 1.165) is 24.7 Å². The largest absolute Gasteiger partial charge is 0.338 e. The Balaban J connectivity index is 1.92. The summed E-state index contributed by atoms with van der Waals surface area (Å²) >= 11 is 6.34. The lowest BCUT2D eigenvalue weighted by Gasteiger charge is -2.09. The van der Waals surface area contributed by atoms with E-state index in [4.69, 9.17) is 0 Å². The van der Waals surface area contributed by atoms with Crippen molar-refractivity contribution in [3.8, 4) is 0 Å². The van der Waals surface area contributed by atoms with Gasteiger partial charge in [-0.15, -0.1) is 0 Å². The fourth-order valence-corrected chi connectivity index (χ4v) is 2.52. The summed E-state index contributed by atoms with van der Waals surface area (Å²) in [5, 5.41) is 2.85. The Morgan fingerprint density at radius 1 is 1.05 bits per heavy atom. The summed E-state index contributed by atoms with van der Waals surface area (Å²) in [5.41, 5.74) is 0.158. The summed E-state index contributed by atoms with van der Waals surface area (Å²) in [5.74, 6) is 0.288. The molecule has 104 valence electrons. The third-order valence-electron chi connectivity index (χ3n) is 2.93. The Morgan fingerprint density at radius 2 is 1.80 bits per heavy atom. The van der Waals surface area contributed by atoms with E-state index in [1.165, 1.54) is 6.07 Å². The summed E-state index contributed by atoms with van der Waals surface area (Å²) in [6, 6.07) is 3.82. The number of anilines is 2. The zero-order valence-corrected chi connectivity index (χ0v) is 13.3. The molecule has 2 aromatic rings. The van der Waals surface area contributed by atoms with Crippen molar-refractivity contribution in [3.63, 3.8) is 0 Å². The molecule has 3 nitrogen and oxygen atoms in total. The number of nitrogens with one attached hydrogen (secondary N) is 1. The first-order chi connectivity index (χ1) is 9.52. The van der Waals surface area contributed by atoms with Crippen LogP contribution in [0.5, 0.6) is 0 Å². The third-order valence-corrected chi connectivity index (χ3v) is 3.94. The predicted molar refractivity (Wildman–Crippen MR) is 79.0 cm³/mol. The van der Waals surface area contributed by atoms with Gasteiger partial charge in [0, 0.05) is 18.1 Å². The average Bonchev–Trinajstić information content (AvgIpc) is 3.19. The highest BCUT2D eigenvalue weighted by atomic mass is 79.9. The van der Waals surface area contributed by atoms with Crippen molar-refractivity contribution in [1.29, 1.82) is 0 Å². The Bertz CT molecular complexity index is 675. The second-order valence-corrected chi connectivity index (χ2v) is 6.25. The maximum absolute atomic E-state index is 13.7. The molecule has 1 aliphatic carbocycles. The molecule has 1 heterocycles. The van der Waals surface area contributed by atoms with Gasteiger partial charge in [0.15, 0.2) is 0 Å². The van der Waals surface area contributed by atoms with Crippen molar-refractivity contribution < 1.29 is 8.78 Å². The van der Waals surface area contributed by atoms with Crippen molar-refractivity contribution in [2.24, 2.45) is 0 Å². The van der Waals surface area contributed by atoms with Crippen LogP contribution in [0.15, 0.2) is 27.3 Å². The smallest absolute Gasteiger partial charge is 0.149 e. The maximum atomic E-state index is 13.7. The molecular weight excluding hydrogens is 396 g/mol. The quantitative estimate of drug-likeness (QED) is 0.583. The standard InChI is InChI=1S/C13H9Br2F2N3/c14-7-3-10(9(17)4-8(7)16)18-12-5-11(15)19-13(20-12)6-1-2-6/h3-6H,1-2H2,(H,18,19,20). The van der Waals surface area contributed by atoms with E-state index in [1.54, 1.807) is 6.07 Å². The Labute approximate surface area is 131 Å². The molecular formula is C13H9Br2F2N3. The first-order valence-corrected chi connectivity index (χ1v) is 7.57. The number of hydrogen-bond acceptors (Lipinski definition) is 3. The fourth-order valence-electron chi connectivity index (χ4n) is 1.78. The summed E-state index contributed by atoms with van der Waals surface area (Å²) in [6.07, 6.45) is 2.15. The second-order valence-electron chi connectivity index (χ2n) is 4.58. The average molecular weight is 405 g/mol. The van der Waals surface area contributed by atoms with Crippen LogP contribution in [0.3, 0.4) is 0 Å². The van der Waals surface area contributed by atoms with E-state index >= 15 is 0 Å². The van der Waals surface area contributed by atoms with Crippen LogP contribution in [0.4, 0.5) is 20.3 Å². The van der Waals surface area contributed by atoms with E-state index in [-0.39, 0.29) is 10.2 Å². The third kappa shape index (κ3) is 2.98. The maximum Gasteiger partial charge on any atom is 0.149 e. The summed E-state index contributed by atoms with van der Waals surface area (Å²) in [7, 11) is 0. The second kappa shape index (κ2) is 5.37. The fraction of sp³-hybridized carbons (Fsp3) is 0.231. The van der Waals surface area contributed by atoms with E-state index in [9.17, 15) is 8.78 Å². The normalized spacial score (nSPS) is 14.4. The highest BCUT2D eigenvalue weighted by Crippen LogP contribution is 2.39. The molecule has 1 aromatic heterocycles. The lowest BCUT2D eigenvalue weighted by atomic mass is 10.3. The van der Waals surface area contributed by atoms with Crippen LogP contribution in [-0.4, -0.2) is 9.97 Å². The van der Waals surface area contributed by atoms with Gasteiger partial charge in [-0.25, -0.2) is 18.7 Å². The molecule has 7 heteroatoms. The molecule has 0 saturated heterocycles. The van der Waals surface area contributed by atoms with Crippen LogP contribution in [-0.2, 0) is 0 Å². The first kappa shape index (κ1) is 13.9. The van der Waals surface area contributed by atoms with Crippen LogP contribution in [0.25, 0.3) is 0 Å². The Morgan fingerprint density at radius 3 is 2.50 bits per heavy atom. The number of nitrogens with zero attached hydrogens (tertiary/aromatic N) is 2. The first-order valence-electron chi connectivity index (χ1n) is 5.99. The van der Waals surface area contributed by atoms with Crippen LogP contribution < -0.4 is 5.32 Å². The van der Waals surface area contributed by atoms with Gasteiger partial charge in [0.25, 0.3) is 0 Å². The van der Waals surface area contributed by atoms with Crippen molar-refractivity contribution in [3.05, 3.63) is 44.7 Å². The Hall–Kier alpha value is -1.08. The van der Waals surface area contributed by atoms with Gasteiger partial charge in [-0.2, -0.15) is 0 Å². The highest BCUT2D eigenvalue weighted by Gasteiger charge is 2.27. The lowest BCUT2D eigenvalue weighted by Crippen LogP contribution is -2.01. The zero-order chi connectivity index (χ0) is 14.3. The number of hydrogen-bond donors (Lipinski definition) is 1. The molecule has 1 aromatic carbocycles. The van der Waals surface area contributed by atoms with Crippen LogP contribution in [0.1, 0.15) is 24.6 Å². The number of halogens is 4. The van der Waals surface area contributed by atoms with Gasteiger partial charge in [0.05, 0.1) is 10.2 Å². The summed E-state index contributed by atoms with van der Waals surface area (Å²) in [4.78, 5) is 8.65. The summed E-state index contributed by atoms with van der Waals surface area (Å²) in [6.45, 7) is 0. The Kier molecular flexibility index (Phi) is 3.72. The van der Waals surface area contributed by atoms with Gasteiger partial charge in [0.1, 0.15) is 27.9 Å². The zero-order valence-electron chi connectivity index (χ0n) is 10.1. The minimum absolute atomic E-state index is 0.158. The van der Waals surface area contributed by atoms with Crippen molar-refractivity contribution >= 4 is 43.4 Å². The number of rotatable bonds is 3.